The number of hydrogen-bond donors (Lipinski definition) is 1. The summed E-state index contributed by atoms with van der Waals surface area (Å²) < 4.78 is 26.3. The van der Waals surface area contributed by atoms with Gasteiger partial charge in [0.2, 0.25) is 0 Å². The van der Waals surface area contributed by atoms with Gasteiger partial charge >= 0.3 is 0 Å². The second-order valence-electron chi connectivity index (χ2n) is 3.91. The van der Waals surface area contributed by atoms with Crippen LogP contribution in [-0.4, -0.2) is 11.4 Å². The molecular formula is C14H10F2O2. The molecule has 4 heteroatoms. The molecule has 2 nitrogen and oxygen atoms in total. The third kappa shape index (κ3) is 2.15. The van der Waals surface area contributed by atoms with Crippen molar-refractivity contribution in [2.24, 2.45) is 0 Å². The molecule has 0 aliphatic rings. The van der Waals surface area contributed by atoms with E-state index in [2.05, 4.69) is 0 Å². The Morgan fingerprint density at radius 1 is 0.944 bits per heavy atom. The molecule has 0 amide bonds. The Hall–Kier alpha value is -2.07. The number of halogens is 2. The minimum Gasteiger partial charge on any atom is -0.373 e. The van der Waals surface area contributed by atoms with Crippen molar-refractivity contribution in [1.82, 2.24) is 0 Å². The molecule has 1 N–H and O–H groups in total. The monoisotopic (exact) mass is 248 g/mol. The normalized spacial score (nSPS) is 13.9. The number of hydrogen-bond acceptors (Lipinski definition) is 2. The molecule has 0 aliphatic carbocycles. The number of benzene rings is 2. The van der Waals surface area contributed by atoms with Crippen molar-refractivity contribution in [3.8, 4) is 0 Å². The highest BCUT2D eigenvalue weighted by atomic mass is 19.1. The number of carbonyl (C=O) groups is 1. The van der Waals surface area contributed by atoms with Crippen molar-refractivity contribution in [2.45, 2.75) is 5.60 Å². The van der Waals surface area contributed by atoms with E-state index in [4.69, 9.17) is 0 Å². The van der Waals surface area contributed by atoms with Crippen molar-refractivity contribution >= 4 is 6.29 Å². The lowest BCUT2D eigenvalue weighted by atomic mass is 9.87. The van der Waals surface area contributed by atoms with Gasteiger partial charge < -0.3 is 5.11 Å². The predicted molar refractivity (Wildman–Crippen MR) is 61.9 cm³/mol. The molecule has 18 heavy (non-hydrogen) atoms. The first-order valence-electron chi connectivity index (χ1n) is 5.27. The van der Waals surface area contributed by atoms with Gasteiger partial charge in [-0.25, -0.2) is 8.78 Å². The van der Waals surface area contributed by atoms with Gasteiger partial charge in [0, 0.05) is 11.6 Å². The Morgan fingerprint density at radius 2 is 1.50 bits per heavy atom. The van der Waals surface area contributed by atoms with E-state index in [1.165, 1.54) is 12.1 Å². The number of rotatable bonds is 3. The molecule has 0 fully saturated rings. The number of carbonyl (C=O) groups excluding carboxylic acids is 1. The van der Waals surface area contributed by atoms with Gasteiger partial charge in [-0.2, -0.15) is 0 Å². The molecule has 0 heterocycles. The van der Waals surface area contributed by atoms with E-state index in [1.807, 2.05) is 0 Å². The SMILES string of the molecule is O=CC(O)(c1ccccc1)c1cc(F)cc(F)c1. The topological polar surface area (TPSA) is 37.3 Å². The molecule has 0 bridgehead atoms. The smallest absolute Gasteiger partial charge is 0.170 e. The summed E-state index contributed by atoms with van der Waals surface area (Å²) in [5.74, 6) is -1.69. The summed E-state index contributed by atoms with van der Waals surface area (Å²) in [5, 5.41) is 10.3. The van der Waals surface area contributed by atoms with Crippen molar-refractivity contribution in [3.63, 3.8) is 0 Å². The summed E-state index contributed by atoms with van der Waals surface area (Å²) in [6, 6.07) is 10.5. The highest BCUT2D eigenvalue weighted by molar-refractivity contribution is 5.72. The lowest BCUT2D eigenvalue weighted by Gasteiger charge is -2.22. The fraction of sp³-hybridized carbons (Fsp3) is 0.0714. The van der Waals surface area contributed by atoms with Gasteiger partial charge in [-0.1, -0.05) is 30.3 Å². The molecule has 2 aromatic rings. The van der Waals surface area contributed by atoms with Crippen molar-refractivity contribution in [3.05, 3.63) is 71.3 Å². The fourth-order valence-electron chi connectivity index (χ4n) is 1.77. The Labute approximate surface area is 103 Å². The summed E-state index contributed by atoms with van der Waals surface area (Å²) in [4.78, 5) is 11.2. The first-order chi connectivity index (χ1) is 8.56. The highest BCUT2D eigenvalue weighted by Crippen LogP contribution is 2.28. The average Bonchev–Trinajstić information content (AvgIpc) is 2.37. The second-order valence-corrected chi connectivity index (χ2v) is 3.91. The van der Waals surface area contributed by atoms with Crippen LogP contribution in [0.3, 0.4) is 0 Å². The van der Waals surface area contributed by atoms with Crippen LogP contribution in [0.2, 0.25) is 0 Å². The standard InChI is InChI=1S/C14H10F2O2/c15-12-6-11(7-13(16)8-12)14(18,9-17)10-4-2-1-3-5-10/h1-9,18H. The molecule has 2 aromatic carbocycles. The zero-order valence-electron chi connectivity index (χ0n) is 9.31. The van der Waals surface area contributed by atoms with E-state index in [0.717, 1.165) is 12.1 Å². The van der Waals surface area contributed by atoms with Crippen LogP contribution in [-0.2, 0) is 10.4 Å². The molecule has 1 unspecified atom stereocenters. The fourth-order valence-corrected chi connectivity index (χ4v) is 1.77. The van der Waals surface area contributed by atoms with Crippen LogP contribution in [0, 0.1) is 11.6 Å². The molecule has 0 saturated carbocycles. The van der Waals surface area contributed by atoms with Crippen molar-refractivity contribution < 1.29 is 18.7 Å². The van der Waals surface area contributed by atoms with E-state index in [9.17, 15) is 18.7 Å². The average molecular weight is 248 g/mol. The lowest BCUT2D eigenvalue weighted by Crippen LogP contribution is -2.29. The van der Waals surface area contributed by atoms with Crippen molar-refractivity contribution in [1.29, 1.82) is 0 Å². The maximum absolute atomic E-state index is 13.1. The molecule has 0 spiro atoms. The first-order valence-corrected chi connectivity index (χ1v) is 5.27. The van der Waals surface area contributed by atoms with E-state index in [-0.39, 0.29) is 17.4 Å². The second kappa shape index (κ2) is 4.66. The Morgan fingerprint density at radius 3 is 2.00 bits per heavy atom. The van der Waals surface area contributed by atoms with E-state index in [1.54, 1.807) is 18.2 Å². The summed E-state index contributed by atoms with van der Waals surface area (Å²) in [6.07, 6.45) is 0.260. The quantitative estimate of drug-likeness (QED) is 0.847. The van der Waals surface area contributed by atoms with Gasteiger partial charge in [-0.3, -0.25) is 4.79 Å². The zero-order chi connectivity index (χ0) is 13.2. The maximum atomic E-state index is 13.1. The molecule has 0 radical (unpaired) electrons. The minimum atomic E-state index is -2.05. The molecule has 2 rings (SSSR count). The van der Waals surface area contributed by atoms with Gasteiger partial charge in [0.1, 0.15) is 11.6 Å². The minimum absolute atomic E-state index is 0.138. The van der Waals surface area contributed by atoms with Crippen LogP contribution < -0.4 is 0 Å². The summed E-state index contributed by atoms with van der Waals surface area (Å²) in [6.45, 7) is 0. The summed E-state index contributed by atoms with van der Waals surface area (Å²) in [7, 11) is 0. The lowest BCUT2D eigenvalue weighted by molar-refractivity contribution is -0.121. The van der Waals surface area contributed by atoms with Crippen LogP contribution in [0.4, 0.5) is 8.78 Å². The van der Waals surface area contributed by atoms with Gasteiger partial charge in [-0.15, -0.1) is 0 Å². The zero-order valence-corrected chi connectivity index (χ0v) is 9.31. The summed E-state index contributed by atoms with van der Waals surface area (Å²) >= 11 is 0. The Balaban J connectivity index is 2.60. The van der Waals surface area contributed by atoms with Crippen LogP contribution in [0.1, 0.15) is 11.1 Å². The van der Waals surface area contributed by atoms with Gasteiger partial charge in [0.05, 0.1) is 0 Å². The third-order valence-corrected chi connectivity index (χ3v) is 2.69. The van der Waals surface area contributed by atoms with E-state index < -0.39 is 17.2 Å². The molecule has 0 aliphatic heterocycles. The summed E-state index contributed by atoms with van der Waals surface area (Å²) in [5.41, 5.74) is -1.93. The van der Waals surface area contributed by atoms with Gasteiger partial charge in [-0.05, 0) is 17.7 Å². The van der Waals surface area contributed by atoms with Crippen LogP contribution in [0.5, 0.6) is 0 Å². The Bertz CT molecular complexity index is 549. The van der Waals surface area contributed by atoms with E-state index >= 15 is 0 Å². The van der Waals surface area contributed by atoms with Crippen molar-refractivity contribution in [2.75, 3.05) is 0 Å². The van der Waals surface area contributed by atoms with Crippen LogP contribution in [0.25, 0.3) is 0 Å². The van der Waals surface area contributed by atoms with E-state index in [0.29, 0.717) is 6.07 Å². The van der Waals surface area contributed by atoms with Gasteiger partial charge in [0.25, 0.3) is 0 Å². The molecule has 1 atom stereocenters. The number of aliphatic hydroxyl groups is 1. The largest absolute Gasteiger partial charge is 0.373 e. The molecule has 0 saturated heterocycles. The van der Waals surface area contributed by atoms with Crippen LogP contribution >= 0.6 is 0 Å². The molecule has 92 valence electrons. The van der Waals surface area contributed by atoms with Gasteiger partial charge in [0.15, 0.2) is 11.9 Å². The third-order valence-electron chi connectivity index (χ3n) is 2.69. The molecular weight excluding hydrogens is 238 g/mol. The Kier molecular flexibility index (Phi) is 3.21. The maximum Gasteiger partial charge on any atom is 0.170 e. The highest BCUT2D eigenvalue weighted by Gasteiger charge is 2.31. The first kappa shape index (κ1) is 12.4. The van der Waals surface area contributed by atoms with Crippen LogP contribution in [0.15, 0.2) is 48.5 Å². The molecule has 0 aromatic heterocycles. The predicted octanol–water partition coefficient (Wildman–Crippen LogP) is 2.40. The number of aldehydes is 1.